The van der Waals surface area contributed by atoms with Gasteiger partial charge in [-0.05, 0) is 43.3 Å². The average molecular weight is 544 g/mol. The van der Waals surface area contributed by atoms with Gasteiger partial charge in [0, 0.05) is 5.02 Å². The molecular formula is C25H17Cl3N4O4. The molecule has 36 heavy (non-hydrogen) atoms. The van der Waals surface area contributed by atoms with E-state index < -0.39 is 23.0 Å². The highest BCUT2D eigenvalue weighted by Gasteiger charge is 2.31. The second-order valence-corrected chi connectivity index (χ2v) is 8.76. The molecule has 4 rings (SSSR count). The molecule has 1 amide bonds. The number of anilines is 1. The van der Waals surface area contributed by atoms with E-state index in [-0.39, 0.29) is 21.3 Å². The summed E-state index contributed by atoms with van der Waals surface area (Å²) in [5, 5.41) is 16.6. The van der Waals surface area contributed by atoms with Crippen molar-refractivity contribution in [1.29, 1.82) is 0 Å². The summed E-state index contributed by atoms with van der Waals surface area (Å²) in [4.78, 5) is 39.6. The number of nitrogens with one attached hydrogen (secondary N) is 1. The van der Waals surface area contributed by atoms with Gasteiger partial charge in [0.05, 0.1) is 27.0 Å². The van der Waals surface area contributed by atoms with Gasteiger partial charge in [-0.3, -0.25) is 14.6 Å². The van der Waals surface area contributed by atoms with Gasteiger partial charge in [0.2, 0.25) is 5.88 Å². The van der Waals surface area contributed by atoms with Crippen molar-refractivity contribution in [3.05, 3.63) is 114 Å². The molecule has 182 valence electrons. The largest absolute Gasteiger partial charge is 0.494 e. The monoisotopic (exact) mass is 542 g/mol. The normalized spacial score (nSPS) is 15.0. The maximum atomic E-state index is 12.9. The molecule has 2 heterocycles. The van der Waals surface area contributed by atoms with E-state index in [0.29, 0.717) is 22.0 Å². The van der Waals surface area contributed by atoms with Crippen molar-refractivity contribution < 1.29 is 9.90 Å². The Balaban J connectivity index is 1.57. The topological polar surface area (TPSA) is 108 Å². The summed E-state index contributed by atoms with van der Waals surface area (Å²) in [5.41, 5.74) is -0.243. The number of amides is 1. The van der Waals surface area contributed by atoms with Crippen molar-refractivity contribution in [2.24, 2.45) is 5.10 Å². The minimum absolute atomic E-state index is 0.108. The summed E-state index contributed by atoms with van der Waals surface area (Å²) in [6.45, 7) is 1.66. The van der Waals surface area contributed by atoms with E-state index in [2.05, 4.69) is 10.1 Å². The Kier molecular flexibility index (Phi) is 7.30. The van der Waals surface area contributed by atoms with E-state index in [0.717, 1.165) is 9.58 Å². The zero-order chi connectivity index (χ0) is 26.0. The van der Waals surface area contributed by atoms with Crippen molar-refractivity contribution >= 4 is 58.2 Å². The number of halogens is 3. The van der Waals surface area contributed by atoms with Gasteiger partial charge in [0.25, 0.3) is 11.5 Å². The maximum Gasteiger partial charge on any atom is 0.335 e. The molecule has 0 atom stereocenters. The smallest absolute Gasteiger partial charge is 0.335 e. The van der Waals surface area contributed by atoms with Crippen LogP contribution in [0.1, 0.15) is 12.5 Å². The first-order valence-electron chi connectivity index (χ1n) is 10.4. The third-order valence-corrected chi connectivity index (χ3v) is 5.93. The summed E-state index contributed by atoms with van der Waals surface area (Å²) < 4.78 is 0.991. The summed E-state index contributed by atoms with van der Waals surface area (Å²) >= 11 is 18.4. The number of aromatic amines is 1. The molecule has 1 aromatic heterocycles. The van der Waals surface area contributed by atoms with Crippen molar-refractivity contribution in [3.63, 3.8) is 0 Å². The fraction of sp³-hybridized carbons (Fsp3) is 0.0400. The number of para-hydroxylation sites is 1. The first-order valence-corrected chi connectivity index (χ1v) is 11.6. The van der Waals surface area contributed by atoms with Crippen molar-refractivity contribution in [1.82, 2.24) is 9.55 Å². The molecule has 0 spiro atoms. The van der Waals surface area contributed by atoms with Crippen molar-refractivity contribution in [2.75, 3.05) is 5.01 Å². The maximum absolute atomic E-state index is 12.9. The highest BCUT2D eigenvalue weighted by atomic mass is 35.5. The molecule has 0 fully saturated rings. The number of hydrogen-bond acceptors (Lipinski definition) is 5. The van der Waals surface area contributed by atoms with Gasteiger partial charge in [-0.25, -0.2) is 9.36 Å². The zero-order valence-corrected chi connectivity index (χ0v) is 20.8. The number of benzene rings is 2. The van der Waals surface area contributed by atoms with E-state index in [1.165, 1.54) is 30.4 Å². The van der Waals surface area contributed by atoms with Gasteiger partial charge in [-0.1, -0.05) is 71.2 Å². The van der Waals surface area contributed by atoms with Gasteiger partial charge in [0.15, 0.2) is 0 Å². The molecule has 0 aliphatic carbocycles. The van der Waals surface area contributed by atoms with Crippen LogP contribution in [0.3, 0.4) is 0 Å². The van der Waals surface area contributed by atoms with Gasteiger partial charge in [-0.2, -0.15) is 10.1 Å². The molecule has 0 bridgehead atoms. The number of hydrogen-bond donors (Lipinski definition) is 2. The Labute approximate surface area is 219 Å². The van der Waals surface area contributed by atoms with E-state index in [4.69, 9.17) is 34.8 Å². The predicted octanol–water partition coefficient (Wildman–Crippen LogP) is 5.11. The number of carbonyl (C=O) groups is 1. The number of allylic oxidation sites excluding steroid dienone is 4. The van der Waals surface area contributed by atoms with Crippen LogP contribution < -0.4 is 16.3 Å². The fourth-order valence-electron chi connectivity index (χ4n) is 3.47. The summed E-state index contributed by atoms with van der Waals surface area (Å²) in [6.07, 6.45) is 7.49. The minimum Gasteiger partial charge on any atom is -0.494 e. The number of H-pyrrole nitrogens is 1. The quantitative estimate of drug-likeness (QED) is 0.344. The molecular weight excluding hydrogens is 527 g/mol. The number of carbonyl (C=O) groups excluding carboxylic acids is 1. The van der Waals surface area contributed by atoms with Crippen LogP contribution in [-0.4, -0.2) is 26.3 Å². The number of nitrogens with zero attached hydrogens (tertiary/aromatic N) is 3. The first-order chi connectivity index (χ1) is 17.2. The number of rotatable bonds is 5. The summed E-state index contributed by atoms with van der Waals surface area (Å²) in [6, 6.07) is 11.3. The Morgan fingerprint density at radius 2 is 1.64 bits per heavy atom. The Morgan fingerprint density at radius 1 is 0.972 bits per heavy atom. The summed E-state index contributed by atoms with van der Waals surface area (Å²) in [5.74, 6) is -0.935. The summed E-state index contributed by atoms with van der Waals surface area (Å²) in [7, 11) is 0. The van der Waals surface area contributed by atoms with E-state index in [1.807, 2.05) is 0 Å². The van der Waals surface area contributed by atoms with Crippen LogP contribution in [0, 0.1) is 0 Å². The van der Waals surface area contributed by atoms with Gasteiger partial charge in [-0.15, -0.1) is 0 Å². The SMILES string of the molecule is CC1=NN(c2c(Cl)cc(Cl)cc2Cl)C(=O)/C1=C\C=CC=Cc1c(O)n(-c2ccccc2)c(=O)[nH]c1=O. The van der Waals surface area contributed by atoms with E-state index in [1.54, 1.807) is 49.4 Å². The lowest BCUT2D eigenvalue weighted by atomic mass is 10.1. The van der Waals surface area contributed by atoms with Crippen LogP contribution in [0.15, 0.2) is 87.0 Å². The Bertz CT molecular complexity index is 1580. The third kappa shape index (κ3) is 4.92. The molecule has 0 saturated carbocycles. The fourth-order valence-corrected chi connectivity index (χ4v) is 4.45. The van der Waals surface area contributed by atoms with Crippen molar-refractivity contribution in [2.45, 2.75) is 6.92 Å². The molecule has 0 radical (unpaired) electrons. The Hall–Kier alpha value is -3.85. The highest BCUT2D eigenvalue weighted by molar-refractivity contribution is 6.43. The van der Waals surface area contributed by atoms with Crippen molar-refractivity contribution in [3.8, 4) is 11.6 Å². The second kappa shape index (κ2) is 10.4. The molecule has 3 aromatic rings. The number of aromatic nitrogens is 2. The van der Waals surface area contributed by atoms with E-state index in [9.17, 15) is 19.5 Å². The van der Waals surface area contributed by atoms with Gasteiger partial charge < -0.3 is 5.11 Å². The average Bonchev–Trinajstić information content (AvgIpc) is 3.08. The lowest BCUT2D eigenvalue weighted by Gasteiger charge is -2.15. The third-order valence-electron chi connectivity index (χ3n) is 5.14. The molecule has 2 aromatic carbocycles. The van der Waals surface area contributed by atoms with Gasteiger partial charge in [0.1, 0.15) is 11.3 Å². The predicted molar refractivity (Wildman–Crippen MR) is 143 cm³/mol. The van der Waals surface area contributed by atoms with Crippen LogP contribution in [0.4, 0.5) is 5.69 Å². The molecule has 1 aliphatic rings. The first kappa shape index (κ1) is 25.2. The lowest BCUT2D eigenvalue weighted by molar-refractivity contribution is -0.114. The highest BCUT2D eigenvalue weighted by Crippen LogP contribution is 2.39. The van der Waals surface area contributed by atoms with Crippen LogP contribution >= 0.6 is 34.8 Å². The molecule has 1 aliphatic heterocycles. The second-order valence-electron chi connectivity index (χ2n) is 7.51. The van der Waals surface area contributed by atoms with E-state index >= 15 is 0 Å². The Morgan fingerprint density at radius 3 is 2.31 bits per heavy atom. The standard InChI is InChI=1S/C25H17Cl3N4O4/c1-14-17(24(35)32(30-14)21-19(27)12-15(26)13-20(21)28)10-6-3-7-11-18-22(33)29-25(36)31(23(18)34)16-8-4-2-5-9-16/h2-13,34H,1H3,(H,29,33,36)/b6-3?,11-7?,17-10-. The number of hydrazone groups is 1. The molecule has 8 nitrogen and oxygen atoms in total. The van der Waals surface area contributed by atoms with Crippen LogP contribution in [0.25, 0.3) is 11.8 Å². The van der Waals surface area contributed by atoms with Gasteiger partial charge >= 0.3 is 5.69 Å². The molecule has 0 unspecified atom stereocenters. The molecule has 2 N–H and O–H groups in total. The number of aromatic hydroxyl groups is 1. The van der Waals surface area contributed by atoms with Crippen LogP contribution in [-0.2, 0) is 4.79 Å². The minimum atomic E-state index is -0.763. The molecule has 0 saturated heterocycles. The van der Waals surface area contributed by atoms with Crippen LogP contribution in [0.5, 0.6) is 5.88 Å². The molecule has 11 heteroatoms. The van der Waals surface area contributed by atoms with Crippen LogP contribution in [0.2, 0.25) is 15.1 Å². The lowest BCUT2D eigenvalue weighted by Crippen LogP contribution is -2.30. The zero-order valence-electron chi connectivity index (χ0n) is 18.6.